The van der Waals surface area contributed by atoms with Gasteiger partial charge in [0.05, 0.1) is 0 Å². The van der Waals surface area contributed by atoms with Gasteiger partial charge in [-0.2, -0.15) is 0 Å². The lowest BCUT2D eigenvalue weighted by atomic mass is 9.90. The molecule has 1 fully saturated rings. The summed E-state index contributed by atoms with van der Waals surface area (Å²) < 4.78 is 6.20. The summed E-state index contributed by atoms with van der Waals surface area (Å²) in [5, 5.41) is 4.24. The van der Waals surface area contributed by atoms with Gasteiger partial charge in [-0.1, -0.05) is 11.6 Å². The molecule has 2 aliphatic rings. The highest BCUT2D eigenvalue weighted by Gasteiger charge is 2.39. The zero-order chi connectivity index (χ0) is 11.2. The molecule has 0 aliphatic carbocycles. The van der Waals surface area contributed by atoms with E-state index >= 15 is 0 Å². The summed E-state index contributed by atoms with van der Waals surface area (Å²) in [5.74, 6) is 1.04. The Morgan fingerprint density at radius 3 is 3.00 bits per heavy atom. The average molecular weight is 238 g/mol. The molecule has 2 heterocycles. The second-order valence-electron chi connectivity index (χ2n) is 4.92. The molecule has 16 heavy (non-hydrogen) atoms. The number of aryl methyl sites for hydroxylation is 2. The summed E-state index contributed by atoms with van der Waals surface area (Å²) in [6.45, 7) is 4.08. The molecule has 1 aromatic carbocycles. The van der Waals surface area contributed by atoms with Crippen LogP contribution in [0.4, 0.5) is 0 Å². The van der Waals surface area contributed by atoms with Gasteiger partial charge in [-0.15, -0.1) is 0 Å². The maximum Gasteiger partial charge on any atom is 0.123 e. The first kappa shape index (κ1) is 10.4. The van der Waals surface area contributed by atoms with Crippen LogP contribution in [0.2, 0.25) is 5.02 Å². The van der Waals surface area contributed by atoms with Crippen molar-refractivity contribution in [2.24, 2.45) is 0 Å². The molecule has 1 unspecified atom stereocenters. The monoisotopic (exact) mass is 237 g/mol. The minimum atomic E-state index is 0.0489. The van der Waals surface area contributed by atoms with E-state index in [1.165, 1.54) is 5.56 Å². The minimum Gasteiger partial charge on any atom is -0.486 e. The number of nitrogens with one attached hydrogen (secondary N) is 1. The van der Waals surface area contributed by atoms with E-state index in [-0.39, 0.29) is 5.60 Å². The van der Waals surface area contributed by atoms with Gasteiger partial charge in [-0.05, 0) is 49.6 Å². The SMILES string of the molecule is Cc1cc2c(cc1Cl)CCC1(CCNC1)O2. The third-order valence-electron chi connectivity index (χ3n) is 3.72. The summed E-state index contributed by atoms with van der Waals surface area (Å²) in [6, 6.07) is 4.14. The zero-order valence-corrected chi connectivity index (χ0v) is 10.2. The van der Waals surface area contributed by atoms with Crippen molar-refractivity contribution in [1.29, 1.82) is 0 Å². The molecule has 2 nitrogen and oxygen atoms in total. The quantitative estimate of drug-likeness (QED) is 0.749. The van der Waals surface area contributed by atoms with E-state index in [0.717, 1.165) is 48.7 Å². The molecular weight excluding hydrogens is 222 g/mol. The van der Waals surface area contributed by atoms with Gasteiger partial charge < -0.3 is 10.1 Å². The predicted octanol–water partition coefficient (Wildman–Crippen LogP) is 2.71. The Bertz CT molecular complexity index is 424. The molecule has 1 saturated heterocycles. The number of fused-ring (bicyclic) bond motifs is 1. The second-order valence-corrected chi connectivity index (χ2v) is 5.33. The van der Waals surface area contributed by atoms with Crippen LogP contribution in [-0.4, -0.2) is 18.7 Å². The Balaban J connectivity index is 1.96. The third kappa shape index (κ3) is 1.61. The van der Waals surface area contributed by atoms with Crippen LogP contribution in [0.1, 0.15) is 24.0 Å². The van der Waals surface area contributed by atoms with E-state index in [2.05, 4.69) is 17.4 Å². The van der Waals surface area contributed by atoms with Gasteiger partial charge in [-0.3, -0.25) is 0 Å². The Kier molecular flexibility index (Phi) is 2.37. The maximum absolute atomic E-state index is 6.20. The minimum absolute atomic E-state index is 0.0489. The van der Waals surface area contributed by atoms with Crippen LogP contribution in [0.25, 0.3) is 0 Å². The maximum atomic E-state index is 6.20. The smallest absolute Gasteiger partial charge is 0.123 e. The third-order valence-corrected chi connectivity index (χ3v) is 4.13. The van der Waals surface area contributed by atoms with Gasteiger partial charge >= 0.3 is 0 Å². The van der Waals surface area contributed by atoms with E-state index in [1.54, 1.807) is 0 Å². The molecular formula is C13H16ClNO. The van der Waals surface area contributed by atoms with E-state index in [0.29, 0.717) is 0 Å². The summed E-state index contributed by atoms with van der Waals surface area (Å²) in [6.07, 6.45) is 3.30. The van der Waals surface area contributed by atoms with E-state index in [9.17, 15) is 0 Å². The van der Waals surface area contributed by atoms with Crippen LogP contribution in [-0.2, 0) is 6.42 Å². The summed E-state index contributed by atoms with van der Waals surface area (Å²) in [4.78, 5) is 0. The molecule has 3 rings (SSSR count). The van der Waals surface area contributed by atoms with Crippen LogP contribution < -0.4 is 10.1 Å². The second kappa shape index (κ2) is 3.64. The van der Waals surface area contributed by atoms with Crippen molar-refractivity contribution in [3.05, 3.63) is 28.3 Å². The Morgan fingerprint density at radius 1 is 1.38 bits per heavy atom. The molecule has 1 N–H and O–H groups in total. The number of hydrogen-bond donors (Lipinski definition) is 1. The molecule has 0 amide bonds. The van der Waals surface area contributed by atoms with Crippen LogP contribution in [0, 0.1) is 6.92 Å². The lowest BCUT2D eigenvalue weighted by molar-refractivity contribution is 0.0664. The van der Waals surface area contributed by atoms with Crippen molar-refractivity contribution >= 4 is 11.6 Å². The Labute approximate surface area is 101 Å². The number of benzene rings is 1. The molecule has 0 saturated carbocycles. The highest BCUT2D eigenvalue weighted by atomic mass is 35.5. The predicted molar refractivity (Wildman–Crippen MR) is 65.4 cm³/mol. The van der Waals surface area contributed by atoms with E-state index in [1.807, 2.05) is 6.92 Å². The van der Waals surface area contributed by atoms with Crippen molar-refractivity contribution in [3.63, 3.8) is 0 Å². The molecule has 1 aromatic rings. The number of rotatable bonds is 0. The summed E-state index contributed by atoms with van der Waals surface area (Å²) in [7, 11) is 0. The lowest BCUT2D eigenvalue weighted by Gasteiger charge is -2.35. The van der Waals surface area contributed by atoms with Gasteiger partial charge in [0.2, 0.25) is 0 Å². The van der Waals surface area contributed by atoms with Gasteiger partial charge in [0.1, 0.15) is 11.4 Å². The van der Waals surface area contributed by atoms with E-state index < -0.39 is 0 Å². The Morgan fingerprint density at radius 2 is 2.25 bits per heavy atom. The molecule has 2 aliphatic heterocycles. The van der Waals surface area contributed by atoms with Gasteiger partial charge in [0.15, 0.2) is 0 Å². The van der Waals surface area contributed by atoms with Crippen molar-refractivity contribution in [3.8, 4) is 5.75 Å². The molecule has 1 atom stereocenters. The summed E-state index contributed by atoms with van der Waals surface area (Å²) >= 11 is 6.13. The topological polar surface area (TPSA) is 21.3 Å². The average Bonchev–Trinajstić information content (AvgIpc) is 2.69. The largest absolute Gasteiger partial charge is 0.486 e. The summed E-state index contributed by atoms with van der Waals surface area (Å²) in [5.41, 5.74) is 2.41. The Hall–Kier alpha value is -0.730. The fourth-order valence-electron chi connectivity index (χ4n) is 2.65. The molecule has 0 radical (unpaired) electrons. The zero-order valence-electron chi connectivity index (χ0n) is 9.48. The molecule has 0 aromatic heterocycles. The fraction of sp³-hybridized carbons (Fsp3) is 0.538. The number of ether oxygens (including phenoxy) is 1. The lowest BCUT2D eigenvalue weighted by Crippen LogP contribution is -2.41. The molecule has 3 heteroatoms. The van der Waals surface area contributed by atoms with Crippen LogP contribution in [0.5, 0.6) is 5.75 Å². The van der Waals surface area contributed by atoms with Crippen LogP contribution in [0.3, 0.4) is 0 Å². The number of halogens is 1. The van der Waals surface area contributed by atoms with Crippen molar-refractivity contribution in [2.75, 3.05) is 13.1 Å². The highest BCUT2D eigenvalue weighted by molar-refractivity contribution is 6.31. The van der Waals surface area contributed by atoms with Crippen molar-refractivity contribution in [1.82, 2.24) is 5.32 Å². The standard InChI is InChI=1S/C13H16ClNO/c1-9-6-12-10(7-11(9)14)2-3-13(16-12)4-5-15-8-13/h6-7,15H,2-5,8H2,1H3. The van der Waals surface area contributed by atoms with Gasteiger partial charge in [0, 0.05) is 18.0 Å². The normalized spacial score (nSPS) is 27.9. The van der Waals surface area contributed by atoms with Crippen LogP contribution in [0.15, 0.2) is 12.1 Å². The van der Waals surface area contributed by atoms with Crippen LogP contribution >= 0.6 is 11.6 Å². The first-order valence-electron chi connectivity index (χ1n) is 5.87. The fourth-order valence-corrected chi connectivity index (χ4v) is 2.84. The highest BCUT2D eigenvalue weighted by Crippen LogP contribution is 2.38. The molecule has 0 bridgehead atoms. The van der Waals surface area contributed by atoms with E-state index in [4.69, 9.17) is 16.3 Å². The van der Waals surface area contributed by atoms with Gasteiger partial charge in [0.25, 0.3) is 0 Å². The first-order valence-corrected chi connectivity index (χ1v) is 6.25. The number of hydrogen-bond acceptors (Lipinski definition) is 2. The van der Waals surface area contributed by atoms with Crippen molar-refractivity contribution in [2.45, 2.75) is 31.8 Å². The molecule has 1 spiro atoms. The molecule has 86 valence electrons. The van der Waals surface area contributed by atoms with Crippen molar-refractivity contribution < 1.29 is 4.74 Å². The first-order chi connectivity index (χ1) is 7.69. The van der Waals surface area contributed by atoms with Gasteiger partial charge in [-0.25, -0.2) is 0 Å².